The standard InChI is InChI=1S/C53H38N2O/c1-5-19-43(20-6-1)54(44-21-7-2-8-22-44)47-33-31-41(32-34-47)53(42-30-29-39-17-13-14-18-40(39)37-42)51-28-16-15-27-49(51)50-36-35-48(38-52(50)56-53)55(45-23-9-3-10-24-45)46-25-11-4-12-26-46/h1-38H. The molecule has 0 bridgehead atoms. The number of para-hydroxylation sites is 4. The Hall–Kier alpha value is -7.36. The first kappa shape index (κ1) is 33.2. The van der Waals surface area contributed by atoms with Crippen molar-refractivity contribution in [1.29, 1.82) is 0 Å². The van der Waals surface area contributed by atoms with Crippen molar-refractivity contribution in [1.82, 2.24) is 0 Å². The summed E-state index contributed by atoms with van der Waals surface area (Å²) in [7, 11) is 0. The van der Waals surface area contributed by atoms with E-state index in [0.717, 1.165) is 67.7 Å². The minimum absolute atomic E-state index is 0.825. The highest BCUT2D eigenvalue weighted by Crippen LogP contribution is 2.53. The van der Waals surface area contributed by atoms with Crippen molar-refractivity contribution in [2.75, 3.05) is 9.80 Å². The van der Waals surface area contributed by atoms with Crippen LogP contribution in [0.1, 0.15) is 16.7 Å². The minimum atomic E-state index is -0.959. The van der Waals surface area contributed by atoms with Gasteiger partial charge in [-0.3, -0.25) is 0 Å². The number of anilines is 6. The zero-order valence-corrected chi connectivity index (χ0v) is 30.7. The lowest BCUT2D eigenvalue weighted by Gasteiger charge is -2.42. The van der Waals surface area contributed by atoms with Crippen molar-refractivity contribution in [3.05, 3.63) is 247 Å². The fraction of sp³-hybridized carbons (Fsp3) is 0.0189. The molecule has 3 nitrogen and oxygen atoms in total. The van der Waals surface area contributed by atoms with Gasteiger partial charge in [0.05, 0.1) is 0 Å². The Morgan fingerprint density at radius 2 is 0.750 bits per heavy atom. The van der Waals surface area contributed by atoms with Crippen LogP contribution < -0.4 is 14.5 Å². The van der Waals surface area contributed by atoms with Crippen molar-refractivity contribution in [2.45, 2.75) is 5.60 Å². The van der Waals surface area contributed by atoms with E-state index in [9.17, 15) is 0 Å². The molecular formula is C53H38N2O. The Balaban J connectivity index is 1.18. The first-order valence-corrected chi connectivity index (χ1v) is 19.1. The third-order valence-corrected chi connectivity index (χ3v) is 10.8. The number of fused-ring (bicyclic) bond motifs is 4. The number of nitrogens with zero attached hydrogens (tertiary/aromatic N) is 2. The largest absolute Gasteiger partial charge is 0.472 e. The molecule has 0 saturated carbocycles. The topological polar surface area (TPSA) is 15.7 Å². The van der Waals surface area contributed by atoms with Crippen LogP contribution in [0.4, 0.5) is 34.1 Å². The van der Waals surface area contributed by atoms with Crippen LogP contribution >= 0.6 is 0 Å². The van der Waals surface area contributed by atoms with Crippen LogP contribution in [0.2, 0.25) is 0 Å². The fourth-order valence-electron chi connectivity index (χ4n) is 8.25. The molecule has 0 fully saturated rings. The van der Waals surface area contributed by atoms with E-state index in [1.807, 2.05) is 0 Å². The van der Waals surface area contributed by atoms with Gasteiger partial charge in [-0.2, -0.15) is 0 Å². The molecule has 0 saturated heterocycles. The molecule has 3 heteroatoms. The van der Waals surface area contributed by atoms with Crippen molar-refractivity contribution in [3.8, 4) is 16.9 Å². The Kier molecular flexibility index (Phi) is 8.38. The summed E-state index contributed by atoms with van der Waals surface area (Å²) in [6, 6.07) is 81.8. The van der Waals surface area contributed by atoms with Gasteiger partial charge >= 0.3 is 0 Å². The molecule has 10 rings (SSSR count). The van der Waals surface area contributed by atoms with Gasteiger partial charge in [0.15, 0.2) is 5.60 Å². The molecule has 1 aliphatic rings. The summed E-state index contributed by atoms with van der Waals surface area (Å²) in [5.41, 5.74) is 10.9. The average Bonchev–Trinajstić information content (AvgIpc) is 3.28. The Morgan fingerprint density at radius 3 is 1.34 bits per heavy atom. The fourth-order valence-corrected chi connectivity index (χ4v) is 8.25. The van der Waals surface area contributed by atoms with E-state index >= 15 is 0 Å². The predicted octanol–water partition coefficient (Wildman–Crippen LogP) is 14.1. The van der Waals surface area contributed by atoms with Crippen LogP contribution in [-0.2, 0) is 5.60 Å². The summed E-state index contributed by atoms with van der Waals surface area (Å²) < 4.78 is 7.66. The summed E-state index contributed by atoms with van der Waals surface area (Å²) in [6.45, 7) is 0. The Labute approximate surface area is 328 Å². The molecule has 1 heterocycles. The molecule has 266 valence electrons. The van der Waals surface area contributed by atoms with E-state index in [4.69, 9.17) is 4.74 Å². The number of ether oxygens (including phenoxy) is 1. The third-order valence-electron chi connectivity index (χ3n) is 10.8. The summed E-state index contributed by atoms with van der Waals surface area (Å²) in [5.74, 6) is 0.825. The summed E-state index contributed by atoms with van der Waals surface area (Å²) in [4.78, 5) is 4.59. The zero-order valence-electron chi connectivity index (χ0n) is 30.7. The second kappa shape index (κ2) is 14.1. The van der Waals surface area contributed by atoms with E-state index in [1.54, 1.807) is 0 Å². The molecule has 9 aromatic carbocycles. The second-order valence-electron chi connectivity index (χ2n) is 14.1. The van der Waals surface area contributed by atoms with Gasteiger partial charge < -0.3 is 14.5 Å². The lowest BCUT2D eigenvalue weighted by Crippen LogP contribution is -2.38. The van der Waals surface area contributed by atoms with Gasteiger partial charge in [-0.15, -0.1) is 0 Å². The number of benzene rings is 9. The van der Waals surface area contributed by atoms with Gasteiger partial charge in [-0.1, -0.05) is 146 Å². The van der Waals surface area contributed by atoms with Crippen molar-refractivity contribution >= 4 is 44.9 Å². The predicted molar refractivity (Wildman–Crippen MR) is 232 cm³/mol. The molecule has 9 aromatic rings. The van der Waals surface area contributed by atoms with Crippen LogP contribution in [0.5, 0.6) is 5.75 Å². The van der Waals surface area contributed by atoms with Gasteiger partial charge in [0.1, 0.15) is 5.75 Å². The highest BCUT2D eigenvalue weighted by molar-refractivity contribution is 5.87. The van der Waals surface area contributed by atoms with Gasteiger partial charge in [-0.05, 0) is 95.2 Å². The molecule has 1 atom stereocenters. The van der Waals surface area contributed by atoms with E-state index < -0.39 is 5.60 Å². The normalized spacial score (nSPS) is 14.3. The maximum absolute atomic E-state index is 7.66. The quantitative estimate of drug-likeness (QED) is 0.156. The van der Waals surface area contributed by atoms with Crippen LogP contribution in [0.15, 0.2) is 231 Å². The van der Waals surface area contributed by atoms with Gasteiger partial charge in [-0.25, -0.2) is 0 Å². The third kappa shape index (κ3) is 5.78. The minimum Gasteiger partial charge on any atom is -0.472 e. The second-order valence-corrected chi connectivity index (χ2v) is 14.1. The lowest BCUT2D eigenvalue weighted by molar-refractivity contribution is 0.152. The van der Waals surface area contributed by atoms with Crippen LogP contribution in [0, 0.1) is 0 Å². The number of hydrogen-bond acceptors (Lipinski definition) is 3. The van der Waals surface area contributed by atoms with E-state index in [2.05, 4.69) is 240 Å². The monoisotopic (exact) mass is 718 g/mol. The molecular weight excluding hydrogens is 681 g/mol. The molecule has 0 spiro atoms. The highest BCUT2D eigenvalue weighted by Gasteiger charge is 2.44. The van der Waals surface area contributed by atoms with Crippen molar-refractivity contribution < 1.29 is 4.74 Å². The van der Waals surface area contributed by atoms with Gasteiger partial charge in [0.25, 0.3) is 0 Å². The first-order chi connectivity index (χ1) is 27.8. The lowest BCUT2D eigenvalue weighted by atomic mass is 9.74. The smallest absolute Gasteiger partial charge is 0.185 e. The molecule has 1 unspecified atom stereocenters. The number of hydrogen-bond donors (Lipinski definition) is 0. The first-order valence-electron chi connectivity index (χ1n) is 19.1. The number of rotatable bonds is 8. The molecule has 1 aliphatic heterocycles. The molecule has 0 aromatic heterocycles. The maximum Gasteiger partial charge on any atom is 0.185 e. The maximum atomic E-state index is 7.66. The van der Waals surface area contributed by atoms with Crippen LogP contribution in [-0.4, -0.2) is 0 Å². The van der Waals surface area contributed by atoms with E-state index in [0.29, 0.717) is 0 Å². The Bertz CT molecular complexity index is 2690. The molecule has 0 N–H and O–H groups in total. The van der Waals surface area contributed by atoms with Crippen LogP contribution in [0.3, 0.4) is 0 Å². The van der Waals surface area contributed by atoms with Crippen molar-refractivity contribution in [2.24, 2.45) is 0 Å². The highest BCUT2D eigenvalue weighted by atomic mass is 16.5. The van der Waals surface area contributed by atoms with Gasteiger partial charge in [0.2, 0.25) is 0 Å². The zero-order chi connectivity index (χ0) is 37.3. The SMILES string of the molecule is c1ccc(N(c2ccccc2)c2ccc(C3(c4ccc5ccccc5c4)Oc4cc(N(c5ccccc5)c5ccccc5)ccc4-c4ccccc43)cc2)cc1. The van der Waals surface area contributed by atoms with Crippen molar-refractivity contribution in [3.63, 3.8) is 0 Å². The summed E-state index contributed by atoms with van der Waals surface area (Å²) in [6.07, 6.45) is 0. The molecule has 0 aliphatic carbocycles. The molecule has 0 amide bonds. The van der Waals surface area contributed by atoms with Crippen LogP contribution in [0.25, 0.3) is 21.9 Å². The molecule has 0 radical (unpaired) electrons. The molecule has 56 heavy (non-hydrogen) atoms. The average molecular weight is 719 g/mol. The Morgan fingerprint density at radius 1 is 0.304 bits per heavy atom. The summed E-state index contributed by atoms with van der Waals surface area (Å²) >= 11 is 0. The van der Waals surface area contributed by atoms with E-state index in [-0.39, 0.29) is 0 Å². The van der Waals surface area contributed by atoms with E-state index in [1.165, 1.54) is 10.8 Å². The van der Waals surface area contributed by atoms with Gasteiger partial charge in [0, 0.05) is 62.4 Å². The summed E-state index contributed by atoms with van der Waals surface area (Å²) in [5, 5.41) is 2.36.